The van der Waals surface area contributed by atoms with Gasteiger partial charge in [0.15, 0.2) is 0 Å². The Kier molecular flexibility index (Phi) is 3.32. The first-order valence-electron chi connectivity index (χ1n) is 7.70. The van der Waals surface area contributed by atoms with Crippen LogP contribution in [-0.2, 0) is 17.6 Å². The molecule has 0 bridgehead atoms. The normalized spacial score (nSPS) is 18.1. The van der Waals surface area contributed by atoms with Crippen LogP contribution in [0, 0.1) is 5.41 Å². The van der Waals surface area contributed by atoms with Gasteiger partial charge in [0.25, 0.3) is 0 Å². The summed E-state index contributed by atoms with van der Waals surface area (Å²) in [6.07, 6.45) is 5.43. The molecule has 114 valence electrons. The molecule has 3 heteroatoms. The van der Waals surface area contributed by atoms with E-state index in [1.54, 1.807) is 26.0 Å². The molecule has 1 N–H and O–H groups in total. The van der Waals surface area contributed by atoms with E-state index in [0.29, 0.717) is 11.1 Å². The molecule has 0 aliphatic heterocycles. The molecule has 0 atom stereocenters. The maximum absolute atomic E-state index is 12.7. The molecular weight excluding hydrogens is 276 g/mol. The summed E-state index contributed by atoms with van der Waals surface area (Å²) in [4.78, 5) is 25.3. The van der Waals surface area contributed by atoms with Crippen molar-refractivity contribution in [1.29, 1.82) is 0 Å². The minimum Gasteiger partial charge on any atom is -0.507 e. The number of carbonyl (C=O) groups is 2. The Hall–Kier alpha value is -2.16. The molecule has 3 rings (SSSR count). The van der Waals surface area contributed by atoms with Gasteiger partial charge >= 0.3 is 0 Å². The van der Waals surface area contributed by atoms with Crippen LogP contribution in [-0.4, -0.2) is 16.7 Å². The smallest absolute Gasteiger partial charge is 0.234 e. The fourth-order valence-electron chi connectivity index (χ4n) is 3.45. The molecule has 0 saturated heterocycles. The molecule has 3 nitrogen and oxygen atoms in total. The fourth-order valence-corrected chi connectivity index (χ4v) is 3.45. The molecule has 0 fully saturated rings. The predicted octanol–water partition coefficient (Wildman–Crippen LogP) is 3.81. The van der Waals surface area contributed by atoms with Crippen molar-refractivity contribution in [3.63, 3.8) is 0 Å². The summed E-state index contributed by atoms with van der Waals surface area (Å²) in [6.45, 7) is 7.27. The van der Waals surface area contributed by atoms with Crippen molar-refractivity contribution in [3.05, 3.63) is 52.6 Å². The van der Waals surface area contributed by atoms with Crippen LogP contribution in [0.4, 0.5) is 0 Å². The van der Waals surface area contributed by atoms with Gasteiger partial charge in [-0.1, -0.05) is 32.1 Å². The lowest BCUT2D eigenvalue weighted by atomic mass is 9.72. The zero-order valence-electron chi connectivity index (χ0n) is 13.0. The lowest BCUT2D eigenvalue weighted by Gasteiger charge is -2.30. The summed E-state index contributed by atoms with van der Waals surface area (Å²) in [5.41, 5.74) is 2.40. The number of aliphatic hydroxyl groups is 1. The van der Waals surface area contributed by atoms with Crippen LogP contribution in [0.2, 0.25) is 0 Å². The van der Waals surface area contributed by atoms with E-state index in [9.17, 15) is 14.7 Å². The Bertz CT molecular complexity index is 735. The molecule has 0 heterocycles. The monoisotopic (exact) mass is 296 g/mol. The lowest BCUT2D eigenvalue weighted by Crippen LogP contribution is -2.32. The number of benzene rings is 1. The second kappa shape index (κ2) is 4.94. The summed E-state index contributed by atoms with van der Waals surface area (Å²) in [5.74, 6) is -1.16. The van der Waals surface area contributed by atoms with E-state index in [2.05, 4.69) is 6.58 Å². The molecule has 2 aliphatic carbocycles. The van der Waals surface area contributed by atoms with Crippen molar-refractivity contribution in [1.82, 2.24) is 0 Å². The van der Waals surface area contributed by atoms with Crippen LogP contribution in [0.1, 0.15) is 53.7 Å². The SMILES string of the molecule is C=CC(C)(C)C1=C(O)c2ccc3c(c2C(=O)C1=O)CCCC3. The number of hydrogen-bond donors (Lipinski definition) is 1. The van der Waals surface area contributed by atoms with Gasteiger partial charge in [0.1, 0.15) is 5.76 Å². The highest BCUT2D eigenvalue weighted by Gasteiger charge is 2.41. The van der Waals surface area contributed by atoms with E-state index in [4.69, 9.17) is 0 Å². The summed E-state index contributed by atoms with van der Waals surface area (Å²) in [6, 6.07) is 3.75. The van der Waals surface area contributed by atoms with Crippen LogP contribution in [0.15, 0.2) is 30.4 Å². The van der Waals surface area contributed by atoms with Crippen molar-refractivity contribution < 1.29 is 14.7 Å². The van der Waals surface area contributed by atoms with E-state index in [1.165, 1.54) is 0 Å². The van der Waals surface area contributed by atoms with Crippen molar-refractivity contribution >= 4 is 17.3 Å². The average molecular weight is 296 g/mol. The van der Waals surface area contributed by atoms with Crippen molar-refractivity contribution in [2.45, 2.75) is 39.5 Å². The number of Topliss-reactive ketones (excluding diaryl/α,β-unsaturated/α-hetero) is 2. The van der Waals surface area contributed by atoms with E-state index in [0.717, 1.165) is 36.8 Å². The summed E-state index contributed by atoms with van der Waals surface area (Å²) < 4.78 is 0. The van der Waals surface area contributed by atoms with Crippen LogP contribution >= 0.6 is 0 Å². The van der Waals surface area contributed by atoms with Crippen molar-refractivity contribution in [2.75, 3.05) is 0 Å². The number of rotatable bonds is 2. The van der Waals surface area contributed by atoms with E-state index < -0.39 is 17.0 Å². The molecule has 0 aromatic heterocycles. The Morgan fingerprint density at radius 2 is 1.82 bits per heavy atom. The van der Waals surface area contributed by atoms with Crippen molar-refractivity contribution in [3.8, 4) is 0 Å². The van der Waals surface area contributed by atoms with Crippen molar-refractivity contribution in [2.24, 2.45) is 5.41 Å². The number of ketones is 2. The molecule has 0 saturated carbocycles. The maximum Gasteiger partial charge on any atom is 0.234 e. The third kappa shape index (κ3) is 1.96. The van der Waals surface area contributed by atoms with Gasteiger partial charge in [-0.15, -0.1) is 6.58 Å². The molecule has 1 aromatic rings. The topological polar surface area (TPSA) is 54.4 Å². The number of aliphatic hydroxyl groups excluding tert-OH is 1. The number of fused-ring (bicyclic) bond motifs is 3. The predicted molar refractivity (Wildman–Crippen MR) is 85.9 cm³/mol. The lowest BCUT2D eigenvalue weighted by molar-refractivity contribution is -0.112. The fraction of sp³-hybridized carbons (Fsp3) is 0.368. The number of carbonyl (C=O) groups excluding carboxylic acids is 2. The van der Waals surface area contributed by atoms with Crippen LogP contribution in [0.3, 0.4) is 0 Å². The first-order chi connectivity index (χ1) is 10.4. The number of hydrogen-bond acceptors (Lipinski definition) is 3. The van der Waals surface area contributed by atoms with Gasteiger partial charge in [0.05, 0.1) is 5.57 Å². The highest BCUT2D eigenvalue weighted by Crippen LogP contribution is 2.41. The van der Waals surface area contributed by atoms with Gasteiger partial charge in [0, 0.05) is 16.5 Å². The Labute approximate surface area is 130 Å². The Balaban J connectivity index is 2.31. The average Bonchev–Trinajstić information content (AvgIpc) is 2.51. The second-order valence-corrected chi connectivity index (χ2v) is 6.64. The van der Waals surface area contributed by atoms with Crippen LogP contribution in [0.5, 0.6) is 0 Å². The minimum atomic E-state index is -0.746. The van der Waals surface area contributed by atoms with Gasteiger partial charge < -0.3 is 5.11 Å². The summed E-state index contributed by atoms with van der Waals surface area (Å²) in [7, 11) is 0. The Morgan fingerprint density at radius 3 is 2.50 bits per heavy atom. The molecular formula is C19H20O3. The van der Waals surface area contributed by atoms with Crippen LogP contribution < -0.4 is 0 Å². The molecule has 22 heavy (non-hydrogen) atoms. The van der Waals surface area contributed by atoms with Gasteiger partial charge in [-0.05, 0) is 36.8 Å². The summed E-state index contributed by atoms with van der Waals surface area (Å²) in [5, 5.41) is 10.6. The zero-order chi connectivity index (χ0) is 16.1. The minimum absolute atomic E-state index is 0.0714. The van der Waals surface area contributed by atoms with Gasteiger partial charge in [-0.25, -0.2) is 0 Å². The quantitative estimate of drug-likeness (QED) is 0.667. The maximum atomic E-state index is 12.7. The largest absolute Gasteiger partial charge is 0.507 e. The number of allylic oxidation sites excluding steroid dienone is 2. The standard InChI is InChI=1S/C19H20O3/c1-4-19(2,3)15-16(20)13-10-9-11-7-5-6-8-12(11)14(13)17(21)18(15)22/h4,9-10,20H,1,5-8H2,2-3H3. The third-order valence-corrected chi connectivity index (χ3v) is 4.84. The summed E-state index contributed by atoms with van der Waals surface area (Å²) >= 11 is 0. The number of aryl methyl sites for hydroxylation is 1. The highest BCUT2D eigenvalue weighted by molar-refractivity contribution is 6.52. The molecule has 0 amide bonds. The Morgan fingerprint density at radius 1 is 1.14 bits per heavy atom. The third-order valence-electron chi connectivity index (χ3n) is 4.84. The van der Waals surface area contributed by atoms with Gasteiger partial charge in [-0.3, -0.25) is 9.59 Å². The van der Waals surface area contributed by atoms with E-state index in [1.807, 2.05) is 6.07 Å². The van der Waals surface area contributed by atoms with Gasteiger partial charge in [-0.2, -0.15) is 0 Å². The van der Waals surface area contributed by atoms with E-state index in [-0.39, 0.29) is 11.3 Å². The van der Waals surface area contributed by atoms with E-state index >= 15 is 0 Å². The molecule has 0 spiro atoms. The first kappa shape index (κ1) is 14.8. The molecule has 2 aliphatic rings. The first-order valence-corrected chi connectivity index (χ1v) is 7.70. The zero-order valence-corrected chi connectivity index (χ0v) is 13.0. The molecule has 1 aromatic carbocycles. The van der Waals surface area contributed by atoms with Crippen LogP contribution in [0.25, 0.3) is 5.76 Å². The molecule has 0 unspecified atom stereocenters. The molecule has 0 radical (unpaired) electrons. The van der Waals surface area contributed by atoms with Gasteiger partial charge in [0.2, 0.25) is 11.6 Å². The highest BCUT2D eigenvalue weighted by atomic mass is 16.3. The second-order valence-electron chi connectivity index (χ2n) is 6.64.